The number of carbonyl (C=O) groups is 2. The number of carboxylic acids is 1. The molecule has 1 aliphatic rings. The van der Waals surface area contributed by atoms with Crippen LogP contribution in [-0.4, -0.2) is 33.5 Å². The first-order valence-corrected chi connectivity index (χ1v) is 7.46. The number of aromatic nitrogens is 2. The van der Waals surface area contributed by atoms with Crippen molar-refractivity contribution in [3.63, 3.8) is 0 Å². The number of carboxylic acid groups (broad SMARTS) is 1. The van der Waals surface area contributed by atoms with E-state index in [0.717, 1.165) is 10.0 Å². The van der Waals surface area contributed by atoms with Gasteiger partial charge in [-0.15, -0.1) is 0 Å². The lowest BCUT2D eigenvalue weighted by atomic mass is 10.1. The molecule has 3 rings (SSSR count). The number of anilines is 1. The number of rotatable bonds is 3. The van der Waals surface area contributed by atoms with Gasteiger partial charge in [-0.25, -0.2) is 9.97 Å². The van der Waals surface area contributed by atoms with Crippen LogP contribution in [0.15, 0.2) is 41.0 Å². The minimum absolute atomic E-state index is 0.0127. The van der Waals surface area contributed by atoms with Crippen molar-refractivity contribution in [3.05, 3.63) is 41.0 Å². The number of amides is 1. The highest BCUT2D eigenvalue weighted by atomic mass is 79.9. The Labute approximate surface area is 134 Å². The van der Waals surface area contributed by atoms with Crippen molar-refractivity contribution in [1.82, 2.24) is 9.97 Å². The van der Waals surface area contributed by atoms with Crippen molar-refractivity contribution in [3.8, 4) is 11.3 Å². The Morgan fingerprint density at radius 3 is 2.64 bits per heavy atom. The van der Waals surface area contributed by atoms with E-state index in [9.17, 15) is 9.59 Å². The van der Waals surface area contributed by atoms with Crippen LogP contribution in [0.25, 0.3) is 11.3 Å². The van der Waals surface area contributed by atoms with Crippen molar-refractivity contribution < 1.29 is 14.7 Å². The number of carbonyl (C=O) groups excluding carboxylic acids is 1. The fraction of sp³-hybridized carbons (Fsp3) is 0.200. The second kappa shape index (κ2) is 5.84. The second-order valence-corrected chi connectivity index (χ2v) is 5.91. The molecule has 2 heterocycles. The molecule has 1 aromatic carbocycles. The van der Waals surface area contributed by atoms with Gasteiger partial charge in [0, 0.05) is 29.2 Å². The first kappa shape index (κ1) is 14.6. The standard InChI is InChI=1S/C15H12BrN3O3/c16-11-3-1-9(2-4-11)12-5-6-17-15(18-12)19-8-10(14(21)22)7-13(19)20/h1-6,10H,7-8H2,(H,21,22). The summed E-state index contributed by atoms with van der Waals surface area (Å²) in [7, 11) is 0. The quantitative estimate of drug-likeness (QED) is 0.906. The predicted octanol–water partition coefficient (Wildman–Crippen LogP) is 2.34. The summed E-state index contributed by atoms with van der Waals surface area (Å²) in [4.78, 5) is 32.8. The molecule has 2 aromatic rings. The third-order valence-corrected chi connectivity index (χ3v) is 4.03. The first-order valence-electron chi connectivity index (χ1n) is 6.67. The number of benzene rings is 1. The van der Waals surface area contributed by atoms with Gasteiger partial charge in [0.05, 0.1) is 11.6 Å². The normalized spacial score (nSPS) is 17.8. The zero-order valence-electron chi connectivity index (χ0n) is 11.4. The molecular weight excluding hydrogens is 350 g/mol. The van der Waals surface area contributed by atoms with Gasteiger partial charge in [-0.2, -0.15) is 0 Å². The smallest absolute Gasteiger partial charge is 0.308 e. The van der Waals surface area contributed by atoms with Crippen molar-refractivity contribution in [2.45, 2.75) is 6.42 Å². The monoisotopic (exact) mass is 361 g/mol. The van der Waals surface area contributed by atoms with Crippen LogP contribution in [0.5, 0.6) is 0 Å². The van der Waals surface area contributed by atoms with Crippen LogP contribution in [0.4, 0.5) is 5.95 Å². The van der Waals surface area contributed by atoms with Gasteiger partial charge in [0.15, 0.2) is 0 Å². The van der Waals surface area contributed by atoms with Crippen LogP contribution in [0, 0.1) is 5.92 Å². The molecule has 6 nitrogen and oxygen atoms in total. The number of hydrogen-bond acceptors (Lipinski definition) is 4. The Kier molecular flexibility index (Phi) is 3.89. The summed E-state index contributed by atoms with van der Waals surface area (Å²) in [5, 5.41) is 9.03. The zero-order chi connectivity index (χ0) is 15.7. The SMILES string of the molecule is O=C(O)C1CC(=O)N(c2nccc(-c3ccc(Br)cc3)n2)C1. The molecule has 22 heavy (non-hydrogen) atoms. The van der Waals surface area contributed by atoms with Gasteiger partial charge in [-0.05, 0) is 18.2 Å². The van der Waals surface area contributed by atoms with E-state index < -0.39 is 11.9 Å². The molecule has 112 valence electrons. The molecule has 0 spiro atoms. The summed E-state index contributed by atoms with van der Waals surface area (Å²) in [6, 6.07) is 9.36. The molecule has 1 N–H and O–H groups in total. The molecule has 0 bridgehead atoms. The molecule has 0 saturated carbocycles. The summed E-state index contributed by atoms with van der Waals surface area (Å²) in [5.74, 6) is -1.69. The summed E-state index contributed by atoms with van der Waals surface area (Å²) < 4.78 is 0.963. The minimum Gasteiger partial charge on any atom is -0.481 e. The van der Waals surface area contributed by atoms with Gasteiger partial charge in [0.25, 0.3) is 0 Å². The van der Waals surface area contributed by atoms with Crippen molar-refractivity contribution in [2.24, 2.45) is 5.92 Å². The maximum absolute atomic E-state index is 12.0. The average Bonchev–Trinajstić information content (AvgIpc) is 2.90. The van der Waals surface area contributed by atoms with Crippen LogP contribution < -0.4 is 4.90 Å². The maximum atomic E-state index is 12.0. The lowest BCUT2D eigenvalue weighted by Gasteiger charge is -2.14. The van der Waals surface area contributed by atoms with Crippen LogP contribution in [0.1, 0.15) is 6.42 Å². The van der Waals surface area contributed by atoms with E-state index in [2.05, 4.69) is 25.9 Å². The van der Waals surface area contributed by atoms with E-state index in [4.69, 9.17) is 5.11 Å². The van der Waals surface area contributed by atoms with E-state index in [1.807, 2.05) is 24.3 Å². The summed E-state index contributed by atoms with van der Waals surface area (Å²) in [5.41, 5.74) is 1.58. The number of halogens is 1. The van der Waals surface area contributed by atoms with Crippen LogP contribution >= 0.6 is 15.9 Å². The van der Waals surface area contributed by atoms with Crippen molar-refractivity contribution in [2.75, 3.05) is 11.4 Å². The Balaban J connectivity index is 1.90. The third-order valence-electron chi connectivity index (χ3n) is 3.50. The van der Waals surface area contributed by atoms with Gasteiger partial charge in [-0.3, -0.25) is 14.5 Å². The number of aliphatic carboxylic acids is 1. The highest BCUT2D eigenvalue weighted by Gasteiger charge is 2.36. The highest BCUT2D eigenvalue weighted by molar-refractivity contribution is 9.10. The number of hydrogen-bond donors (Lipinski definition) is 1. The van der Waals surface area contributed by atoms with E-state index in [1.54, 1.807) is 12.3 Å². The molecule has 1 atom stereocenters. The van der Waals surface area contributed by atoms with E-state index in [0.29, 0.717) is 5.69 Å². The lowest BCUT2D eigenvalue weighted by molar-refractivity contribution is -0.141. The van der Waals surface area contributed by atoms with Gasteiger partial charge in [0.2, 0.25) is 11.9 Å². The molecule has 1 fully saturated rings. The average molecular weight is 362 g/mol. The molecule has 0 radical (unpaired) electrons. The Morgan fingerprint density at radius 1 is 1.27 bits per heavy atom. The molecular formula is C15H12BrN3O3. The molecule has 7 heteroatoms. The summed E-state index contributed by atoms with van der Waals surface area (Å²) in [6.07, 6.45) is 1.56. The van der Waals surface area contributed by atoms with Crippen LogP contribution in [-0.2, 0) is 9.59 Å². The third kappa shape index (κ3) is 2.85. The topological polar surface area (TPSA) is 83.4 Å². The van der Waals surface area contributed by atoms with E-state index in [-0.39, 0.29) is 24.8 Å². The van der Waals surface area contributed by atoms with Crippen LogP contribution in [0.2, 0.25) is 0 Å². The van der Waals surface area contributed by atoms with Crippen molar-refractivity contribution >= 4 is 33.8 Å². The number of nitrogens with zero attached hydrogens (tertiary/aromatic N) is 3. The van der Waals surface area contributed by atoms with Gasteiger partial charge in [0.1, 0.15) is 0 Å². The maximum Gasteiger partial charge on any atom is 0.308 e. The van der Waals surface area contributed by atoms with Crippen LogP contribution in [0.3, 0.4) is 0 Å². The molecule has 1 saturated heterocycles. The lowest BCUT2D eigenvalue weighted by Crippen LogP contribution is -2.27. The molecule has 1 aromatic heterocycles. The van der Waals surface area contributed by atoms with E-state index >= 15 is 0 Å². The Morgan fingerprint density at radius 2 is 2.00 bits per heavy atom. The Bertz CT molecular complexity index is 733. The Hall–Kier alpha value is -2.28. The fourth-order valence-electron chi connectivity index (χ4n) is 2.33. The van der Waals surface area contributed by atoms with Gasteiger partial charge >= 0.3 is 5.97 Å². The predicted molar refractivity (Wildman–Crippen MR) is 83.3 cm³/mol. The molecule has 1 unspecified atom stereocenters. The van der Waals surface area contributed by atoms with Crippen molar-refractivity contribution in [1.29, 1.82) is 0 Å². The second-order valence-electron chi connectivity index (χ2n) is 4.99. The molecule has 1 amide bonds. The summed E-state index contributed by atoms with van der Waals surface area (Å²) in [6.45, 7) is 0.109. The van der Waals surface area contributed by atoms with Gasteiger partial charge < -0.3 is 5.11 Å². The molecule has 1 aliphatic heterocycles. The first-order chi connectivity index (χ1) is 10.5. The minimum atomic E-state index is -0.972. The highest BCUT2D eigenvalue weighted by Crippen LogP contribution is 2.25. The van der Waals surface area contributed by atoms with Gasteiger partial charge in [-0.1, -0.05) is 28.1 Å². The van der Waals surface area contributed by atoms with E-state index in [1.165, 1.54) is 4.90 Å². The summed E-state index contributed by atoms with van der Waals surface area (Å²) >= 11 is 3.37. The zero-order valence-corrected chi connectivity index (χ0v) is 13.0. The largest absolute Gasteiger partial charge is 0.481 e. The molecule has 0 aliphatic carbocycles. The fourth-order valence-corrected chi connectivity index (χ4v) is 2.59.